The molecular formula is C29H32N2O2. The molecule has 33 heavy (non-hydrogen) atoms. The molecule has 0 aromatic heterocycles. The predicted octanol–water partition coefficient (Wildman–Crippen LogP) is 5.57. The number of carbonyl (C=O) groups is 1. The van der Waals surface area contributed by atoms with Crippen LogP contribution in [0.5, 0.6) is 5.75 Å². The van der Waals surface area contributed by atoms with Crippen LogP contribution in [-0.4, -0.2) is 36.0 Å². The maximum absolute atomic E-state index is 13.4. The van der Waals surface area contributed by atoms with Gasteiger partial charge in [0.25, 0.3) is 5.91 Å². The van der Waals surface area contributed by atoms with Gasteiger partial charge in [0.05, 0.1) is 11.1 Å². The fourth-order valence-electron chi connectivity index (χ4n) is 6.13. The minimum atomic E-state index is -0.269. The van der Waals surface area contributed by atoms with Crippen molar-refractivity contribution in [1.29, 1.82) is 0 Å². The molecule has 4 nitrogen and oxygen atoms in total. The van der Waals surface area contributed by atoms with Gasteiger partial charge in [-0.15, -0.1) is 0 Å². The van der Waals surface area contributed by atoms with Crippen molar-refractivity contribution in [3.8, 4) is 5.75 Å². The van der Waals surface area contributed by atoms with Gasteiger partial charge in [-0.1, -0.05) is 48.5 Å². The summed E-state index contributed by atoms with van der Waals surface area (Å²) in [6.45, 7) is 5.12. The highest BCUT2D eigenvalue weighted by Gasteiger charge is 2.47. The summed E-state index contributed by atoms with van der Waals surface area (Å²) in [6, 6.07) is 20.8. The highest BCUT2D eigenvalue weighted by atomic mass is 16.5. The summed E-state index contributed by atoms with van der Waals surface area (Å²) in [5, 5.41) is 5.83. The Hall–Kier alpha value is -2.85. The van der Waals surface area contributed by atoms with E-state index >= 15 is 0 Å². The zero-order chi connectivity index (χ0) is 22.5. The Labute approximate surface area is 195 Å². The van der Waals surface area contributed by atoms with Crippen LogP contribution >= 0.6 is 0 Å². The lowest BCUT2D eigenvalue weighted by Crippen LogP contribution is -2.43. The topological polar surface area (TPSA) is 41.6 Å². The van der Waals surface area contributed by atoms with Crippen LogP contribution in [0.25, 0.3) is 10.8 Å². The quantitative estimate of drug-likeness (QED) is 0.544. The average molecular weight is 441 g/mol. The number of aryl methyl sites for hydroxylation is 1. The van der Waals surface area contributed by atoms with Gasteiger partial charge in [-0.3, -0.25) is 9.69 Å². The molecule has 170 valence electrons. The second-order valence-electron chi connectivity index (χ2n) is 10.2. The van der Waals surface area contributed by atoms with Crippen molar-refractivity contribution in [3.63, 3.8) is 0 Å². The predicted molar refractivity (Wildman–Crippen MR) is 132 cm³/mol. The van der Waals surface area contributed by atoms with Crippen LogP contribution in [0, 0.1) is 6.92 Å². The minimum absolute atomic E-state index is 0.00935. The van der Waals surface area contributed by atoms with Crippen LogP contribution in [0.4, 0.5) is 0 Å². The van der Waals surface area contributed by atoms with E-state index in [4.69, 9.17) is 4.74 Å². The first-order chi connectivity index (χ1) is 16.1. The molecule has 0 spiro atoms. The minimum Gasteiger partial charge on any atom is -0.492 e. The maximum Gasteiger partial charge on any atom is 0.252 e. The third-order valence-corrected chi connectivity index (χ3v) is 8.18. The molecule has 3 aliphatic rings. The summed E-state index contributed by atoms with van der Waals surface area (Å²) in [5.74, 6) is 0.791. The molecular weight excluding hydrogens is 408 g/mol. The fourth-order valence-corrected chi connectivity index (χ4v) is 6.13. The lowest BCUT2D eigenvalue weighted by Gasteiger charge is -2.31. The van der Waals surface area contributed by atoms with Crippen molar-refractivity contribution in [2.24, 2.45) is 0 Å². The van der Waals surface area contributed by atoms with Crippen LogP contribution in [0.2, 0.25) is 0 Å². The number of rotatable bonds is 6. The molecule has 1 amide bonds. The molecule has 3 aromatic carbocycles. The molecule has 3 fully saturated rings. The summed E-state index contributed by atoms with van der Waals surface area (Å²) in [7, 11) is 0. The number of hydrogen-bond acceptors (Lipinski definition) is 3. The summed E-state index contributed by atoms with van der Waals surface area (Å²) in [4.78, 5) is 16.1. The van der Waals surface area contributed by atoms with Gasteiger partial charge in [0.2, 0.25) is 0 Å². The Balaban J connectivity index is 1.22. The number of amides is 1. The van der Waals surface area contributed by atoms with Gasteiger partial charge < -0.3 is 10.1 Å². The molecule has 2 heterocycles. The number of fused-ring (bicyclic) bond motifs is 2. The van der Waals surface area contributed by atoms with Gasteiger partial charge >= 0.3 is 0 Å². The van der Waals surface area contributed by atoms with Crippen LogP contribution < -0.4 is 10.1 Å². The molecule has 2 saturated heterocycles. The number of hydrogen-bond donors (Lipinski definition) is 1. The molecule has 3 aromatic rings. The SMILES string of the molecule is Cc1ccc(OCC23CCCN2CCC3)cc1C(=O)NC1(c2cccc3ccccc23)CC1. The van der Waals surface area contributed by atoms with Crippen molar-refractivity contribution in [1.82, 2.24) is 10.2 Å². The Morgan fingerprint density at radius 1 is 0.970 bits per heavy atom. The summed E-state index contributed by atoms with van der Waals surface area (Å²) >= 11 is 0. The van der Waals surface area contributed by atoms with Gasteiger partial charge in [0.1, 0.15) is 12.4 Å². The maximum atomic E-state index is 13.4. The molecule has 4 heteroatoms. The van der Waals surface area contributed by atoms with Crippen molar-refractivity contribution in [2.75, 3.05) is 19.7 Å². The lowest BCUT2D eigenvalue weighted by molar-refractivity contribution is 0.0928. The number of nitrogens with one attached hydrogen (secondary N) is 1. The third-order valence-electron chi connectivity index (χ3n) is 8.18. The zero-order valence-electron chi connectivity index (χ0n) is 19.4. The summed E-state index contributed by atoms with van der Waals surface area (Å²) in [5.41, 5.74) is 2.86. The van der Waals surface area contributed by atoms with Crippen molar-refractivity contribution < 1.29 is 9.53 Å². The lowest BCUT2D eigenvalue weighted by atomic mass is 9.95. The average Bonchev–Trinajstić information content (AvgIpc) is 3.32. The molecule has 1 N–H and O–H groups in total. The largest absolute Gasteiger partial charge is 0.492 e. The molecule has 1 aliphatic carbocycles. The Morgan fingerprint density at radius 2 is 1.73 bits per heavy atom. The standard InChI is InChI=1S/C29H32N2O2/c1-21-11-12-23(33-20-28-13-5-17-31(28)18-6-14-28)19-25(21)27(32)30-29(15-16-29)26-10-4-8-22-7-2-3-9-24(22)26/h2-4,7-12,19H,5-6,13-18,20H2,1H3,(H,30,32). The van der Waals surface area contributed by atoms with Crippen LogP contribution in [0.1, 0.15) is 60.0 Å². The molecule has 0 unspecified atom stereocenters. The van der Waals surface area contributed by atoms with Crippen molar-refractivity contribution in [3.05, 3.63) is 77.4 Å². The molecule has 2 aliphatic heterocycles. The second kappa shape index (κ2) is 7.88. The van der Waals surface area contributed by atoms with Gasteiger partial charge in [-0.2, -0.15) is 0 Å². The van der Waals surface area contributed by atoms with Gasteiger partial charge in [-0.25, -0.2) is 0 Å². The molecule has 0 atom stereocenters. The third kappa shape index (κ3) is 3.61. The zero-order valence-corrected chi connectivity index (χ0v) is 19.4. The van der Waals surface area contributed by atoms with E-state index in [0.29, 0.717) is 5.56 Å². The first kappa shape index (κ1) is 20.7. The Bertz CT molecular complexity index is 1200. The van der Waals surface area contributed by atoms with E-state index in [9.17, 15) is 4.79 Å². The van der Waals surface area contributed by atoms with E-state index in [1.54, 1.807) is 0 Å². The van der Waals surface area contributed by atoms with E-state index in [1.807, 2.05) is 25.1 Å². The van der Waals surface area contributed by atoms with Crippen molar-refractivity contribution in [2.45, 2.75) is 56.5 Å². The van der Waals surface area contributed by atoms with Gasteiger partial charge in [0, 0.05) is 5.56 Å². The molecule has 0 bridgehead atoms. The number of ether oxygens (including phenoxy) is 1. The van der Waals surface area contributed by atoms with Crippen LogP contribution in [-0.2, 0) is 5.54 Å². The Morgan fingerprint density at radius 3 is 2.52 bits per heavy atom. The molecule has 6 rings (SSSR count). The normalized spacial score (nSPS) is 20.5. The number of benzene rings is 3. The highest BCUT2D eigenvalue weighted by Crippen LogP contribution is 2.48. The summed E-state index contributed by atoms with van der Waals surface area (Å²) < 4.78 is 6.31. The van der Waals surface area contributed by atoms with Gasteiger partial charge in [-0.05, 0) is 92.6 Å². The molecule has 0 radical (unpaired) electrons. The van der Waals surface area contributed by atoms with E-state index in [1.165, 1.54) is 55.1 Å². The first-order valence-corrected chi connectivity index (χ1v) is 12.4. The fraction of sp³-hybridized carbons (Fsp3) is 0.414. The van der Waals surface area contributed by atoms with E-state index < -0.39 is 0 Å². The monoisotopic (exact) mass is 440 g/mol. The second-order valence-corrected chi connectivity index (χ2v) is 10.2. The van der Waals surface area contributed by atoms with Crippen LogP contribution in [0.3, 0.4) is 0 Å². The van der Waals surface area contributed by atoms with E-state index in [0.717, 1.165) is 30.8 Å². The van der Waals surface area contributed by atoms with E-state index in [-0.39, 0.29) is 17.0 Å². The number of nitrogens with zero attached hydrogens (tertiary/aromatic N) is 1. The Kier molecular flexibility index (Phi) is 4.95. The highest BCUT2D eigenvalue weighted by molar-refractivity contribution is 5.97. The van der Waals surface area contributed by atoms with E-state index in [2.05, 4.69) is 52.7 Å². The van der Waals surface area contributed by atoms with Crippen molar-refractivity contribution >= 4 is 16.7 Å². The molecule has 1 saturated carbocycles. The summed E-state index contributed by atoms with van der Waals surface area (Å²) in [6.07, 6.45) is 6.92. The van der Waals surface area contributed by atoms with Gasteiger partial charge in [0.15, 0.2) is 0 Å². The number of carbonyl (C=O) groups excluding carboxylic acids is 1. The van der Waals surface area contributed by atoms with Crippen LogP contribution in [0.15, 0.2) is 60.7 Å². The smallest absolute Gasteiger partial charge is 0.252 e. The first-order valence-electron chi connectivity index (χ1n) is 12.4.